The average molecular weight is 424 g/mol. The normalized spacial score (nSPS) is 12.2. The highest BCUT2D eigenvalue weighted by Gasteiger charge is 2.49. The van der Waals surface area contributed by atoms with E-state index >= 15 is 0 Å². The molecule has 0 atom stereocenters. The Morgan fingerprint density at radius 2 is 1.79 bits per heavy atom. The minimum Gasteiger partial charge on any atom is -0.334 e. The summed E-state index contributed by atoms with van der Waals surface area (Å²) in [5, 5.41) is -0.504. The monoisotopic (exact) mass is 424 g/mol. The second-order valence-corrected chi connectivity index (χ2v) is 8.07. The summed E-state index contributed by atoms with van der Waals surface area (Å²) < 4.78 is 62.3. The fourth-order valence-corrected chi connectivity index (χ4v) is 3.60. The zero-order valence-electron chi connectivity index (χ0n) is 15.3. The molecule has 3 aromatic rings. The lowest BCUT2D eigenvalue weighted by molar-refractivity contribution is -0.0438. The van der Waals surface area contributed by atoms with Gasteiger partial charge in [0.25, 0.3) is 15.7 Å². The van der Waals surface area contributed by atoms with E-state index in [0.29, 0.717) is 11.2 Å². The number of fused-ring (bicyclic) bond motifs is 1. The van der Waals surface area contributed by atoms with Crippen molar-refractivity contribution in [3.05, 3.63) is 59.7 Å². The zero-order valence-corrected chi connectivity index (χ0v) is 16.1. The number of aryl methyl sites for hydroxylation is 1. The molecule has 0 spiro atoms. The molecule has 11 heteroatoms. The van der Waals surface area contributed by atoms with Gasteiger partial charge in [-0.05, 0) is 25.1 Å². The Morgan fingerprint density at radius 3 is 2.48 bits per heavy atom. The van der Waals surface area contributed by atoms with Gasteiger partial charge in [0.15, 0.2) is 5.03 Å². The summed E-state index contributed by atoms with van der Waals surface area (Å²) in [5.74, 6) is -0.684. The first-order valence-corrected chi connectivity index (χ1v) is 9.75. The number of hydrogen-bond acceptors (Lipinski definition) is 6. The molecule has 0 fully saturated rings. The number of carbonyl (C=O) groups excluding carboxylic acids is 1. The molecular formula is C18H15F3N4O3S. The Morgan fingerprint density at radius 1 is 1.10 bits per heavy atom. The summed E-state index contributed by atoms with van der Waals surface area (Å²) in [5.41, 5.74) is -4.93. The number of benzene rings is 1. The third-order valence-electron chi connectivity index (χ3n) is 4.13. The van der Waals surface area contributed by atoms with Crippen molar-refractivity contribution in [2.45, 2.75) is 24.0 Å². The number of para-hydroxylation sites is 1. The van der Waals surface area contributed by atoms with Crippen LogP contribution in [0.5, 0.6) is 0 Å². The lowest BCUT2D eigenvalue weighted by Gasteiger charge is -2.18. The van der Waals surface area contributed by atoms with Crippen LogP contribution in [0, 0.1) is 6.92 Å². The van der Waals surface area contributed by atoms with Gasteiger partial charge in [0.05, 0.1) is 17.6 Å². The number of aromatic nitrogens is 3. The highest BCUT2D eigenvalue weighted by Crippen LogP contribution is 2.31. The molecule has 0 saturated carbocycles. The van der Waals surface area contributed by atoms with E-state index < -0.39 is 31.8 Å². The molecule has 0 aliphatic heterocycles. The number of alkyl halides is 3. The van der Waals surface area contributed by atoms with E-state index in [1.54, 1.807) is 19.1 Å². The van der Waals surface area contributed by atoms with Gasteiger partial charge in [-0.2, -0.15) is 13.2 Å². The van der Waals surface area contributed by atoms with Crippen LogP contribution < -0.4 is 0 Å². The maximum absolute atomic E-state index is 12.9. The molecule has 1 aromatic carbocycles. The summed E-state index contributed by atoms with van der Waals surface area (Å²) in [6, 6.07) is 9.40. The average Bonchev–Trinajstić information content (AvgIpc) is 2.66. The van der Waals surface area contributed by atoms with Crippen LogP contribution in [0.4, 0.5) is 13.2 Å². The number of rotatable bonds is 4. The SMILES string of the molecule is Cc1nc(CN(C)C(=O)c2cccnc2S(=O)(=O)C(F)(F)F)nc2ccccc12. The zero-order chi connectivity index (χ0) is 21.4. The van der Waals surface area contributed by atoms with E-state index in [1.165, 1.54) is 13.1 Å². The molecule has 29 heavy (non-hydrogen) atoms. The topological polar surface area (TPSA) is 93.1 Å². The molecule has 0 aliphatic rings. The van der Waals surface area contributed by atoms with Crippen LogP contribution in [-0.4, -0.2) is 46.7 Å². The Balaban J connectivity index is 1.95. The van der Waals surface area contributed by atoms with Gasteiger partial charge >= 0.3 is 5.51 Å². The number of nitrogens with zero attached hydrogens (tertiary/aromatic N) is 4. The number of hydrogen-bond donors (Lipinski definition) is 0. The van der Waals surface area contributed by atoms with Gasteiger partial charge in [-0.1, -0.05) is 18.2 Å². The van der Waals surface area contributed by atoms with E-state index in [2.05, 4.69) is 15.0 Å². The van der Waals surface area contributed by atoms with Crippen LogP contribution in [0.3, 0.4) is 0 Å². The van der Waals surface area contributed by atoms with Gasteiger partial charge in [0, 0.05) is 24.3 Å². The lowest BCUT2D eigenvalue weighted by Crippen LogP contribution is -2.31. The van der Waals surface area contributed by atoms with E-state index in [9.17, 15) is 26.4 Å². The van der Waals surface area contributed by atoms with Crippen molar-refractivity contribution < 1.29 is 26.4 Å². The van der Waals surface area contributed by atoms with Gasteiger partial charge < -0.3 is 4.90 Å². The molecule has 2 aromatic heterocycles. The van der Waals surface area contributed by atoms with E-state index in [4.69, 9.17) is 0 Å². The first-order chi connectivity index (χ1) is 13.5. The second kappa shape index (κ2) is 7.39. The molecule has 2 heterocycles. The standard InChI is InChI=1S/C18H15F3N4O3S/c1-11-12-6-3-4-8-14(12)24-15(23-11)10-25(2)17(26)13-7-5-9-22-16(13)29(27,28)18(19,20)21/h3-9H,10H2,1-2H3. The van der Waals surface area contributed by atoms with Crippen molar-refractivity contribution in [1.29, 1.82) is 0 Å². The van der Waals surface area contributed by atoms with Crippen LogP contribution in [0.2, 0.25) is 0 Å². The summed E-state index contributed by atoms with van der Waals surface area (Å²) in [6.45, 7) is 1.63. The first kappa shape index (κ1) is 20.6. The number of halogens is 3. The molecule has 1 amide bonds. The maximum atomic E-state index is 12.9. The van der Waals surface area contributed by atoms with Crippen molar-refractivity contribution in [3.63, 3.8) is 0 Å². The fourth-order valence-electron chi connectivity index (χ4n) is 2.73. The van der Waals surface area contributed by atoms with Gasteiger partial charge in [-0.25, -0.2) is 23.4 Å². The van der Waals surface area contributed by atoms with Gasteiger partial charge in [0.2, 0.25) is 0 Å². The van der Waals surface area contributed by atoms with Gasteiger partial charge in [0.1, 0.15) is 5.82 Å². The van der Waals surface area contributed by atoms with Crippen molar-refractivity contribution in [2.75, 3.05) is 7.05 Å². The Bertz CT molecular complexity index is 1200. The molecule has 7 nitrogen and oxygen atoms in total. The molecule has 0 aliphatic carbocycles. The maximum Gasteiger partial charge on any atom is 0.503 e. The molecule has 0 N–H and O–H groups in total. The fraction of sp³-hybridized carbons (Fsp3) is 0.222. The Hall–Kier alpha value is -3.08. The smallest absolute Gasteiger partial charge is 0.334 e. The minimum absolute atomic E-state index is 0.134. The van der Waals surface area contributed by atoms with E-state index in [1.807, 2.05) is 12.1 Å². The second-order valence-electron chi connectivity index (χ2n) is 6.21. The predicted octanol–water partition coefficient (Wildman–Crippen LogP) is 2.90. The van der Waals surface area contributed by atoms with Crippen LogP contribution in [0.25, 0.3) is 10.9 Å². The van der Waals surface area contributed by atoms with E-state index in [-0.39, 0.29) is 12.4 Å². The van der Waals surface area contributed by atoms with Gasteiger partial charge in [-0.3, -0.25) is 4.79 Å². The Kier molecular flexibility index (Phi) is 5.26. The predicted molar refractivity (Wildman–Crippen MR) is 97.6 cm³/mol. The van der Waals surface area contributed by atoms with Crippen LogP contribution in [-0.2, 0) is 16.4 Å². The Labute approximate surface area is 164 Å². The largest absolute Gasteiger partial charge is 0.503 e. The van der Waals surface area contributed by atoms with Gasteiger partial charge in [-0.15, -0.1) is 0 Å². The third kappa shape index (κ3) is 3.90. The molecular weight excluding hydrogens is 409 g/mol. The summed E-state index contributed by atoms with van der Waals surface area (Å²) in [4.78, 5) is 25.7. The summed E-state index contributed by atoms with van der Waals surface area (Å²) in [6.07, 6.45) is 0.880. The molecule has 0 radical (unpaired) electrons. The third-order valence-corrected chi connectivity index (χ3v) is 5.57. The van der Waals surface area contributed by atoms with Crippen molar-refractivity contribution in [1.82, 2.24) is 19.9 Å². The molecule has 152 valence electrons. The lowest BCUT2D eigenvalue weighted by atomic mass is 10.2. The quantitative estimate of drug-likeness (QED) is 0.639. The molecule has 0 saturated heterocycles. The van der Waals surface area contributed by atoms with Crippen molar-refractivity contribution >= 4 is 26.6 Å². The molecule has 0 bridgehead atoms. The number of pyridine rings is 1. The molecule has 3 rings (SSSR count). The number of sulfone groups is 1. The number of amides is 1. The summed E-state index contributed by atoms with van der Waals surface area (Å²) >= 11 is 0. The van der Waals surface area contributed by atoms with Crippen LogP contribution >= 0.6 is 0 Å². The van der Waals surface area contributed by atoms with Crippen LogP contribution in [0.1, 0.15) is 21.9 Å². The van der Waals surface area contributed by atoms with Crippen LogP contribution in [0.15, 0.2) is 47.6 Å². The number of carbonyl (C=O) groups is 1. The first-order valence-electron chi connectivity index (χ1n) is 8.26. The highest BCUT2D eigenvalue weighted by molar-refractivity contribution is 7.92. The van der Waals surface area contributed by atoms with E-state index in [0.717, 1.165) is 22.5 Å². The van der Waals surface area contributed by atoms with Crippen molar-refractivity contribution in [3.8, 4) is 0 Å². The minimum atomic E-state index is -5.78. The highest BCUT2D eigenvalue weighted by atomic mass is 32.2. The summed E-state index contributed by atoms with van der Waals surface area (Å²) in [7, 11) is -4.47. The van der Waals surface area contributed by atoms with Crippen molar-refractivity contribution in [2.24, 2.45) is 0 Å². The molecule has 0 unspecified atom stereocenters.